The van der Waals surface area contributed by atoms with Crippen molar-refractivity contribution >= 4 is 0 Å². The molecule has 0 spiro atoms. The van der Waals surface area contributed by atoms with Crippen LogP contribution in [0, 0.1) is 5.41 Å². The van der Waals surface area contributed by atoms with Gasteiger partial charge in [0.05, 0.1) is 0 Å². The normalized spacial score (nSPS) is 11.9. The Morgan fingerprint density at radius 2 is 1.94 bits per heavy atom. The van der Waals surface area contributed by atoms with Gasteiger partial charge in [-0.3, -0.25) is 5.43 Å². The van der Waals surface area contributed by atoms with Crippen molar-refractivity contribution in [3.05, 3.63) is 12.3 Å². The second-order valence-corrected chi connectivity index (χ2v) is 5.19. The first-order chi connectivity index (χ1) is 7.41. The lowest BCUT2D eigenvalue weighted by atomic mass is 9.85. The largest absolute Gasteiger partial charge is 0.389 e. The Balaban J connectivity index is 3.73. The molecule has 0 aliphatic carbocycles. The molecule has 0 rings (SSSR count). The quantitative estimate of drug-likeness (QED) is 0.592. The van der Waals surface area contributed by atoms with Crippen LogP contribution in [-0.4, -0.2) is 32.2 Å². The van der Waals surface area contributed by atoms with Crippen LogP contribution in [0.4, 0.5) is 0 Å². The molecule has 0 aromatic rings. The van der Waals surface area contributed by atoms with Crippen molar-refractivity contribution in [2.45, 2.75) is 40.0 Å². The van der Waals surface area contributed by atoms with Gasteiger partial charge < -0.3 is 5.32 Å². The molecule has 0 saturated heterocycles. The Kier molecular flexibility index (Phi) is 7.43. The zero-order valence-electron chi connectivity index (χ0n) is 11.7. The Labute approximate surface area is 101 Å². The third kappa shape index (κ3) is 7.71. The highest BCUT2D eigenvalue weighted by atomic mass is 15.5. The lowest BCUT2D eigenvalue weighted by molar-refractivity contribution is 0.199. The minimum absolute atomic E-state index is 0.381. The average molecular weight is 227 g/mol. The van der Waals surface area contributed by atoms with Crippen LogP contribution in [0.15, 0.2) is 12.3 Å². The maximum absolute atomic E-state index is 3.95. The first kappa shape index (κ1) is 15.5. The van der Waals surface area contributed by atoms with Gasteiger partial charge >= 0.3 is 0 Å². The summed E-state index contributed by atoms with van der Waals surface area (Å²) in [5.74, 6) is 0. The van der Waals surface area contributed by atoms with Crippen molar-refractivity contribution in [2.75, 3.05) is 27.2 Å². The molecule has 0 aromatic heterocycles. The van der Waals surface area contributed by atoms with Crippen LogP contribution < -0.4 is 10.7 Å². The van der Waals surface area contributed by atoms with Gasteiger partial charge in [0.2, 0.25) is 0 Å². The van der Waals surface area contributed by atoms with Gasteiger partial charge in [-0.05, 0) is 31.7 Å². The highest BCUT2D eigenvalue weighted by molar-refractivity contribution is 4.89. The molecular weight excluding hydrogens is 198 g/mol. The van der Waals surface area contributed by atoms with Gasteiger partial charge in [-0.15, -0.1) is 0 Å². The van der Waals surface area contributed by atoms with Crippen molar-refractivity contribution in [3.63, 3.8) is 0 Å². The third-order valence-corrected chi connectivity index (χ3v) is 3.11. The van der Waals surface area contributed by atoms with Gasteiger partial charge in [0.15, 0.2) is 0 Å². The summed E-state index contributed by atoms with van der Waals surface area (Å²) in [6, 6.07) is 0. The van der Waals surface area contributed by atoms with Gasteiger partial charge in [-0.2, -0.15) is 0 Å². The van der Waals surface area contributed by atoms with Gasteiger partial charge in [-0.25, -0.2) is 5.01 Å². The predicted molar refractivity (Wildman–Crippen MR) is 72.1 cm³/mol. The van der Waals surface area contributed by atoms with Crippen LogP contribution in [0.25, 0.3) is 0 Å². The van der Waals surface area contributed by atoms with E-state index in [-0.39, 0.29) is 0 Å². The van der Waals surface area contributed by atoms with Crippen LogP contribution in [0.3, 0.4) is 0 Å². The molecule has 0 aliphatic rings. The van der Waals surface area contributed by atoms with Crippen molar-refractivity contribution in [1.82, 2.24) is 15.8 Å². The summed E-state index contributed by atoms with van der Waals surface area (Å²) in [7, 11) is 4.03. The van der Waals surface area contributed by atoms with E-state index in [1.165, 1.54) is 12.8 Å². The van der Waals surface area contributed by atoms with Crippen molar-refractivity contribution in [3.8, 4) is 0 Å². The van der Waals surface area contributed by atoms with E-state index in [2.05, 4.69) is 50.1 Å². The summed E-state index contributed by atoms with van der Waals surface area (Å²) >= 11 is 0. The summed E-state index contributed by atoms with van der Waals surface area (Å²) in [6.45, 7) is 12.8. The van der Waals surface area contributed by atoms with Crippen molar-refractivity contribution < 1.29 is 0 Å². The fourth-order valence-electron chi connectivity index (χ4n) is 1.41. The molecule has 96 valence electrons. The van der Waals surface area contributed by atoms with E-state index >= 15 is 0 Å². The molecule has 0 amide bonds. The molecule has 0 atom stereocenters. The van der Waals surface area contributed by atoms with E-state index in [1.54, 1.807) is 0 Å². The second-order valence-electron chi connectivity index (χ2n) is 5.19. The topological polar surface area (TPSA) is 27.3 Å². The molecule has 0 fully saturated rings. The van der Waals surface area contributed by atoms with E-state index in [0.717, 1.165) is 25.2 Å². The molecule has 3 nitrogen and oxygen atoms in total. The van der Waals surface area contributed by atoms with Crippen molar-refractivity contribution in [2.24, 2.45) is 5.41 Å². The van der Waals surface area contributed by atoms with Gasteiger partial charge in [-0.1, -0.05) is 27.4 Å². The van der Waals surface area contributed by atoms with Crippen LogP contribution >= 0.6 is 0 Å². The predicted octanol–water partition coefficient (Wildman–Crippen LogP) is 2.37. The van der Waals surface area contributed by atoms with Crippen LogP contribution in [0.1, 0.15) is 40.0 Å². The lowest BCUT2D eigenvalue weighted by Crippen LogP contribution is -2.34. The first-order valence-electron chi connectivity index (χ1n) is 6.21. The minimum Gasteiger partial charge on any atom is -0.389 e. The molecule has 0 saturated carbocycles. The average Bonchev–Trinajstić information content (AvgIpc) is 2.25. The standard InChI is InChI=1S/C13H29N3/c1-7-12(2)15-10-8-13(3,4)9-11-16(6)14-5/h14-15H,2,7-11H2,1,3-6H3. The number of allylic oxidation sites excluding steroid dienone is 1. The summed E-state index contributed by atoms with van der Waals surface area (Å²) in [6.07, 6.45) is 3.40. The Morgan fingerprint density at radius 1 is 1.31 bits per heavy atom. The van der Waals surface area contributed by atoms with E-state index in [4.69, 9.17) is 0 Å². The molecule has 0 unspecified atom stereocenters. The summed E-state index contributed by atoms with van der Waals surface area (Å²) in [5, 5.41) is 5.49. The number of hydrogen-bond donors (Lipinski definition) is 2. The number of hydrogen-bond acceptors (Lipinski definition) is 3. The Morgan fingerprint density at radius 3 is 2.44 bits per heavy atom. The molecule has 3 heteroatoms. The molecule has 16 heavy (non-hydrogen) atoms. The smallest absolute Gasteiger partial charge is 0.0148 e. The fourth-order valence-corrected chi connectivity index (χ4v) is 1.41. The van der Waals surface area contributed by atoms with Crippen LogP contribution in [-0.2, 0) is 0 Å². The maximum Gasteiger partial charge on any atom is 0.0148 e. The maximum atomic E-state index is 3.95. The highest BCUT2D eigenvalue weighted by Crippen LogP contribution is 2.24. The van der Waals surface area contributed by atoms with Crippen LogP contribution in [0.2, 0.25) is 0 Å². The Hall–Kier alpha value is -0.540. The van der Waals surface area contributed by atoms with E-state index in [0.29, 0.717) is 5.41 Å². The number of rotatable bonds is 9. The monoisotopic (exact) mass is 227 g/mol. The number of nitrogens with one attached hydrogen (secondary N) is 2. The molecule has 0 radical (unpaired) electrons. The lowest BCUT2D eigenvalue weighted by Gasteiger charge is -2.27. The van der Waals surface area contributed by atoms with Gasteiger partial charge in [0.25, 0.3) is 0 Å². The summed E-state index contributed by atoms with van der Waals surface area (Å²) in [4.78, 5) is 0. The summed E-state index contributed by atoms with van der Waals surface area (Å²) < 4.78 is 0. The van der Waals surface area contributed by atoms with Crippen LogP contribution in [0.5, 0.6) is 0 Å². The zero-order chi connectivity index (χ0) is 12.6. The van der Waals surface area contributed by atoms with E-state index < -0.39 is 0 Å². The second kappa shape index (κ2) is 7.69. The summed E-state index contributed by atoms with van der Waals surface area (Å²) in [5.41, 5.74) is 4.65. The van der Waals surface area contributed by atoms with Gasteiger partial charge in [0.1, 0.15) is 0 Å². The van der Waals surface area contributed by atoms with E-state index in [1.807, 2.05) is 7.05 Å². The molecule has 0 aromatic carbocycles. The van der Waals surface area contributed by atoms with Crippen molar-refractivity contribution in [1.29, 1.82) is 0 Å². The minimum atomic E-state index is 0.381. The molecule has 0 bridgehead atoms. The Bertz CT molecular complexity index is 199. The molecule has 0 aliphatic heterocycles. The third-order valence-electron chi connectivity index (χ3n) is 3.11. The highest BCUT2D eigenvalue weighted by Gasteiger charge is 2.17. The zero-order valence-corrected chi connectivity index (χ0v) is 11.7. The molecular formula is C13H29N3. The number of hydrazine groups is 1. The fraction of sp³-hybridized carbons (Fsp3) is 0.846. The SMILES string of the molecule is C=C(CC)NCCC(C)(C)CCN(C)NC. The first-order valence-corrected chi connectivity index (χ1v) is 6.21. The van der Waals surface area contributed by atoms with E-state index in [9.17, 15) is 0 Å². The molecule has 0 heterocycles. The molecule has 2 N–H and O–H groups in total. The number of nitrogens with zero attached hydrogens (tertiary/aromatic N) is 1. The van der Waals surface area contributed by atoms with Gasteiger partial charge in [0, 0.05) is 25.8 Å².